The summed E-state index contributed by atoms with van der Waals surface area (Å²) in [7, 11) is 4.36. The minimum atomic E-state index is -0.152. The van der Waals surface area contributed by atoms with Crippen molar-refractivity contribution in [1.82, 2.24) is 19.8 Å². The van der Waals surface area contributed by atoms with E-state index in [1.54, 1.807) is 24.0 Å². The van der Waals surface area contributed by atoms with Crippen LogP contribution >= 0.6 is 23.5 Å². The van der Waals surface area contributed by atoms with Gasteiger partial charge in [0.2, 0.25) is 0 Å². The van der Waals surface area contributed by atoms with Gasteiger partial charge >= 0.3 is 0 Å². The maximum absolute atomic E-state index is 13.0. The SMILES string of the molecule is CN1CCC(Sc2ccc3cnc(NC(=O)c4ccnc(SC5CCN(C)CC5)c4)cc3c2)CC1. The number of pyridine rings is 2. The maximum Gasteiger partial charge on any atom is 0.256 e. The number of benzene rings is 1. The first-order valence-corrected chi connectivity index (χ1v) is 14.2. The third-order valence-electron chi connectivity index (χ3n) is 6.85. The summed E-state index contributed by atoms with van der Waals surface area (Å²) in [5.41, 5.74) is 0.615. The molecule has 1 amide bonds. The number of piperidine rings is 2. The monoisotopic (exact) mass is 507 g/mol. The Morgan fingerprint density at radius 2 is 1.54 bits per heavy atom. The van der Waals surface area contributed by atoms with E-state index >= 15 is 0 Å². The van der Waals surface area contributed by atoms with Crippen LogP contribution in [0.3, 0.4) is 0 Å². The molecule has 8 heteroatoms. The number of nitrogens with one attached hydrogen (secondary N) is 1. The fraction of sp³-hybridized carbons (Fsp3) is 0.444. The predicted octanol–water partition coefficient (Wildman–Crippen LogP) is 5.25. The average molecular weight is 508 g/mol. The third kappa shape index (κ3) is 6.55. The molecule has 0 atom stereocenters. The van der Waals surface area contributed by atoms with E-state index in [-0.39, 0.29) is 5.91 Å². The van der Waals surface area contributed by atoms with E-state index in [4.69, 9.17) is 0 Å². The second-order valence-electron chi connectivity index (χ2n) is 9.66. The second kappa shape index (κ2) is 11.3. The van der Waals surface area contributed by atoms with E-state index < -0.39 is 0 Å². The van der Waals surface area contributed by atoms with Gasteiger partial charge in [-0.2, -0.15) is 0 Å². The summed E-state index contributed by atoms with van der Waals surface area (Å²) < 4.78 is 0. The third-order valence-corrected chi connectivity index (χ3v) is 9.45. The van der Waals surface area contributed by atoms with E-state index in [2.05, 4.69) is 57.4 Å². The molecule has 35 heavy (non-hydrogen) atoms. The lowest BCUT2D eigenvalue weighted by Crippen LogP contribution is -2.31. The number of nitrogens with zero attached hydrogens (tertiary/aromatic N) is 4. The Morgan fingerprint density at radius 3 is 2.26 bits per heavy atom. The van der Waals surface area contributed by atoms with Gasteiger partial charge in [-0.3, -0.25) is 4.79 Å². The maximum atomic E-state index is 13.0. The van der Waals surface area contributed by atoms with Crippen molar-refractivity contribution < 1.29 is 4.79 Å². The van der Waals surface area contributed by atoms with Crippen LogP contribution in [0.5, 0.6) is 0 Å². The molecule has 6 nitrogen and oxygen atoms in total. The second-order valence-corrected chi connectivity index (χ2v) is 12.4. The Bertz CT molecular complexity index is 1170. The quantitative estimate of drug-likeness (QED) is 0.489. The molecule has 0 unspecified atom stereocenters. The first-order chi connectivity index (χ1) is 17.0. The van der Waals surface area contributed by atoms with E-state index in [1.165, 1.54) is 30.8 Å². The molecule has 2 aromatic heterocycles. The molecule has 1 N–H and O–H groups in total. The van der Waals surface area contributed by atoms with Gasteiger partial charge in [-0.1, -0.05) is 6.07 Å². The minimum Gasteiger partial charge on any atom is -0.307 e. The van der Waals surface area contributed by atoms with Gasteiger partial charge in [0, 0.05) is 38.7 Å². The molecule has 3 aromatic rings. The zero-order valence-electron chi connectivity index (χ0n) is 20.4. The van der Waals surface area contributed by atoms with E-state index in [1.807, 2.05) is 30.1 Å². The van der Waals surface area contributed by atoms with Crippen LogP contribution in [0, 0.1) is 0 Å². The fourth-order valence-electron chi connectivity index (χ4n) is 4.63. The molecule has 0 aliphatic carbocycles. The molecule has 2 saturated heterocycles. The molecule has 0 spiro atoms. The number of thioether (sulfide) groups is 2. The number of rotatable bonds is 6. The van der Waals surface area contributed by atoms with Gasteiger partial charge in [-0.15, -0.1) is 23.5 Å². The summed E-state index contributed by atoms with van der Waals surface area (Å²) in [5, 5.41) is 7.30. The number of amides is 1. The Balaban J connectivity index is 1.24. The fourth-order valence-corrected chi connectivity index (χ4v) is 6.91. The molecule has 0 radical (unpaired) electrons. The summed E-state index contributed by atoms with van der Waals surface area (Å²) >= 11 is 3.75. The highest BCUT2D eigenvalue weighted by atomic mass is 32.2. The van der Waals surface area contributed by atoms with Crippen LogP contribution in [0.15, 0.2) is 58.7 Å². The number of anilines is 1. The zero-order valence-corrected chi connectivity index (χ0v) is 22.1. The Hall–Kier alpha value is -2.13. The van der Waals surface area contributed by atoms with Gasteiger partial charge in [0.25, 0.3) is 5.91 Å². The largest absolute Gasteiger partial charge is 0.307 e. The lowest BCUT2D eigenvalue weighted by Gasteiger charge is -2.28. The van der Waals surface area contributed by atoms with Gasteiger partial charge in [0.05, 0.1) is 5.03 Å². The summed E-state index contributed by atoms with van der Waals surface area (Å²) in [5.74, 6) is 0.423. The number of hydrogen-bond acceptors (Lipinski definition) is 7. The van der Waals surface area contributed by atoms with Crippen LogP contribution in [0.1, 0.15) is 36.0 Å². The van der Waals surface area contributed by atoms with Crippen molar-refractivity contribution >= 4 is 46.0 Å². The van der Waals surface area contributed by atoms with Crippen LogP contribution in [0.25, 0.3) is 10.8 Å². The number of carbonyl (C=O) groups is 1. The van der Waals surface area contributed by atoms with E-state index in [0.717, 1.165) is 41.7 Å². The summed E-state index contributed by atoms with van der Waals surface area (Å²) in [4.78, 5) is 28.0. The highest BCUT2D eigenvalue weighted by Crippen LogP contribution is 2.33. The number of carbonyl (C=O) groups excluding carboxylic acids is 1. The van der Waals surface area contributed by atoms with Gasteiger partial charge in [-0.25, -0.2) is 9.97 Å². The molecule has 0 bridgehead atoms. The molecule has 2 aliphatic heterocycles. The first kappa shape index (κ1) is 24.6. The van der Waals surface area contributed by atoms with Crippen molar-refractivity contribution in [3.63, 3.8) is 0 Å². The summed E-state index contributed by atoms with van der Waals surface area (Å²) in [6, 6.07) is 12.2. The molecule has 184 valence electrons. The van der Waals surface area contributed by atoms with Crippen LogP contribution in [-0.4, -0.2) is 76.4 Å². The molecule has 2 fully saturated rings. The lowest BCUT2D eigenvalue weighted by atomic mass is 10.1. The smallest absolute Gasteiger partial charge is 0.256 e. The molecular weight excluding hydrogens is 474 g/mol. The van der Waals surface area contributed by atoms with Crippen LogP contribution < -0.4 is 5.32 Å². The molecule has 1 aromatic carbocycles. The normalized spacial score (nSPS) is 18.7. The van der Waals surface area contributed by atoms with E-state index in [0.29, 0.717) is 21.9 Å². The van der Waals surface area contributed by atoms with Crippen LogP contribution in [0.4, 0.5) is 5.82 Å². The lowest BCUT2D eigenvalue weighted by molar-refractivity contribution is 0.102. The van der Waals surface area contributed by atoms with Gasteiger partial charge < -0.3 is 15.1 Å². The van der Waals surface area contributed by atoms with Crippen LogP contribution in [-0.2, 0) is 0 Å². The molecule has 4 heterocycles. The highest BCUT2D eigenvalue weighted by Gasteiger charge is 2.20. The van der Waals surface area contributed by atoms with E-state index in [9.17, 15) is 4.79 Å². The number of hydrogen-bond donors (Lipinski definition) is 1. The topological polar surface area (TPSA) is 61.4 Å². The average Bonchev–Trinajstić information content (AvgIpc) is 2.87. The van der Waals surface area contributed by atoms with Crippen molar-refractivity contribution in [2.75, 3.05) is 45.6 Å². The molecule has 2 aliphatic rings. The minimum absolute atomic E-state index is 0.152. The first-order valence-electron chi connectivity index (χ1n) is 12.4. The van der Waals surface area contributed by atoms with Gasteiger partial charge in [0.1, 0.15) is 5.82 Å². The van der Waals surface area contributed by atoms with Gasteiger partial charge in [0.15, 0.2) is 0 Å². The standard InChI is InChI=1S/C27H33N5OS2/c1-31-11-6-22(7-12-31)34-24-4-3-20-18-29-25(16-21(20)15-24)30-27(33)19-5-10-28-26(17-19)35-23-8-13-32(2)14-9-23/h3-5,10,15-18,22-23H,6-9,11-14H2,1-2H3,(H,29,30,33). The van der Waals surface area contributed by atoms with Crippen LogP contribution in [0.2, 0.25) is 0 Å². The van der Waals surface area contributed by atoms with Crippen molar-refractivity contribution in [2.24, 2.45) is 0 Å². The molecule has 0 saturated carbocycles. The van der Waals surface area contributed by atoms with Gasteiger partial charge in [-0.05, 0) is 102 Å². The Morgan fingerprint density at radius 1 is 0.857 bits per heavy atom. The number of aromatic nitrogens is 2. The summed E-state index contributed by atoms with van der Waals surface area (Å²) in [6.07, 6.45) is 8.31. The predicted molar refractivity (Wildman–Crippen MR) is 147 cm³/mol. The summed E-state index contributed by atoms with van der Waals surface area (Å²) in [6.45, 7) is 4.56. The van der Waals surface area contributed by atoms with Crippen molar-refractivity contribution in [3.8, 4) is 0 Å². The molecule has 5 rings (SSSR count). The van der Waals surface area contributed by atoms with Crippen molar-refractivity contribution in [3.05, 3.63) is 54.4 Å². The molecular formula is C27H33N5OS2. The Labute approximate surface area is 216 Å². The Kier molecular flexibility index (Phi) is 7.92. The van der Waals surface area contributed by atoms with Crippen molar-refractivity contribution in [2.45, 2.75) is 46.1 Å². The van der Waals surface area contributed by atoms with Crippen molar-refractivity contribution in [1.29, 1.82) is 0 Å². The highest BCUT2D eigenvalue weighted by molar-refractivity contribution is 8.00. The number of fused-ring (bicyclic) bond motifs is 1. The number of likely N-dealkylation sites (tertiary alicyclic amines) is 2. The zero-order chi connectivity index (χ0) is 24.2.